The first-order valence-electron chi connectivity index (χ1n) is 6.84. The molecule has 1 aromatic carbocycles. The summed E-state index contributed by atoms with van der Waals surface area (Å²) in [6, 6.07) is 5.22. The number of fused-ring (bicyclic) bond motifs is 1. The molecule has 0 radical (unpaired) electrons. The summed E-state index contributed by atoms with van der Waals surface area (Å²) in [5.74, 6) is -0.260. The first kappa shape index (κ1) is 15.0. The van der Waals surface area contributed by atoms with Crippen LogP contribution in [0.15, 0.2) is 18.2 Å². The number of aromatic nitrogens is 3. The fourth-order valence-electron chi connectivity index (χ4n) is 1.84. The molecule has 0 fully saturated rings. The van der Waals surface area contributed by atoms with Gasteiger partial charge in [0, 0.05) is 31.6 Å². The Balaban J connectivity index is 1.90. The number of carbonyl (C=O) groups excluding carboxylic acids is 2. The smallest absolute Gasteiger partial charge is 0.251 e. The van der Waals surface area contributed by atoms with Crippen molar-refractivity contribution in [3.63, 3.8) is 0 Å². The van der Waals surface area contributed by atoms with E-state index in [1.807, 2.05) is 13.8 Å². The third-order valence-corrected chi connectivity index (χ3v) is 3.11. The Morgan fingerprint density at radius 2 is 1.95 bits per heavy atom. The average Bonchev–Trinajstić information content (AvgIpc) is 2.84. The van der Waals surface area contributed by atoms with Crippen LogP contribution in [-0.4, -0.2) is 39.9 Å². The number of benzene rings is 1. The molecule has 2 aromatic rings. The Labute approximate surface area is 122 Å². The van der Waals surface area contributed by atoms with E-state index in [-0.39, 0.29) is 17.7 Å². The number of amides is 2. The van der Waals surface area contributed by atoms with Crippen molar-refractivity contribution in [3.05, 3.63) is 23.8 Å². The van der Waals surface area contributed by atoms with Gasteiger partial charge in [-0.25, -0.2) is 4.68 Å². The Bertz CT molecular complexity index is 662. The third-order valence-electron chi connectivity index (χ3n) is 3.11. The highest BCUT2D eigenvalue weighted by atomic mass is 16.2. The van der Waals surface area contributed by atoms with E-state index in [2.05, 4.69) is 20.9 Å². The van der Waals surface area contributed by atoms with Crippen LogP contribution < -0.4 is 10.6 Å². The zero-order valence-electron chi connectivity index (χ0n) is 12.4. The summed E-state index contributed by atoms with van der Waals surface area (Å²) < 4.78 is 1.62. The molecule has 0 aliphatic heterocycles. The van der Waals surface area contributed by atoms with Crippen molar-refractivity contribution >= 4 is 22.8 Å². The van der Waals surface area contributed by atoms with E-state index in [1.165, 1.54) is 0 Å². The third kappa shape index (κ3) is 3.56. The molecule has 7 heteroatoms. The van der Waals surface area contributed by atoms with Crippen LogP contribution in [0.4, 0.5) is 0 Å². The Morgan fingerprint density at radius 1 is 1.24 bits per heavy atom. The van der Waals surface area contributed by atoms with E-state index in [9.17, 15) is 9.59 Å². The Kier molecular flexibility index (Phi) is 4.52. The van der Waals surface area contributed by atoms with Crippen molar-refractivity contribution < 1.29 is 9.59 Å². The summed E-state index contributed by atoms with van der Waals surface area (Å²) in [5, 5.41) is 13.4. The van der Waals surface area contributed by atoms with Gasteiger partial charge in [0.1, 0.15) is 5.52 Å². The van der Waals surface area contributed by atoms with Gasteiger partial charge >= 0.3 is 0 Å². The van der Waals surface area contributed by atoms with E-state index in [4.69, 9.17) is 0 Å². The lowest BCUT2D eigenvalue weighted by Gasteiger charge is -2.08. The van der Waals surface area contributed by atoms with Gasteiger partial charge in [0.15, 0.2) is 0 Å². The number of rotatable bonds is 5. The fraction of sp³-hybridized carbons (Fsp3) is 0.429. The largest absolute Gasteiger partial charge is 0.354 e. The summed E-state index contributed by atoms with van der Waals surface area (Å²) in [4.78, 5) is 23.4. The van der Waals surface area contributed by atoms with E-state index in [0.29, 0.717) is 18.7 Å². The fourth-order valence-corrected chi connectivity index (χ4v) is 1.84. The zero-order valence-corrected chi connectivity index (χ0v) is 12.4. The van der Waals surface area contributed by atoms with Gasteiger partial charge in [-0.3, -0.25) is 9.59 Å². The maximum atomic E-state index is 12.0. The van der Waals surface area contributed by atoms with Gasteiger partial charge in [0.2, 0.25) is 5.91 Å². The predicted octanol–water partition coefficient (Wildman–Crippen LogP) is 0.470. The summed E-state index contributed by atoms with van der Waals surface area (Å²) in [5.41, 5.74) is 2.09. The highest BCUT2D eigenvalue weighted by Crippen LogP contribution is 2.12. The van der Waals surface area contributed by atoms with Crippen molar-refractivity contribution in [1.29, 1.82) is 0 Å². The van der Waals surface area contributed by atoms with Crippen LogP contribution in [0.1, 0.15) is 24.2 Å². The molecule has 2 N–H and O–H groups in total. The minimum Gasteiger partial charge on any atom is -0.354 e. The van der Waals surface area contributed by atoms with E-state index < -0.39 is 0 Å². The van der Waals surface area contributed by atoms with Gasteiger partial charge in [0.25, 0.3) is 5.91 Å². The summed E-state index contributed by atoms with van der Waals surface area (Å²) in [6.07, 6.45) is 0. The molecule has 112 valence electrons. The standard InChI is InChI=1S/C14H19N5O2/c1-9(2)13(20)15-6-7-16-14(21)10-4-5-11-12(8-10)19(3)18-17-11/h4-5,8-9H,6-7H2,1-3H3,(H,15,20)(H,16,21). The van der Waals surface area contributed by atoms with Crippen LogP contribution in [0.5, 0.6) is 0 Å². The number of nitrogens with one attached hydrogen (secondary N) is 2. The number of nitrogens with zero attached hydrogens (tertiary/aromatic N) is 3. The van der Waals surface area contributed by atoms with Crippen molar-refractivity contribution in [2.24, 2.45) is 13.0 Å². The van der Waals surface area contributed by atoms with E-state index in [1.54, 1.807) is 29.9 Å². The SMILES string of the molecule is CC(C)C(=O)NCCNC(=O)c1ccc2nnn(C)c2c1. The molecule has 0 bridgehead atoms. The van der Waals surface area contributed by atoms with Gasteiger partial charge in [-0.15, -0.1) is 5.10 Å². The predicted molar refractivity (Wildman–Crippen MR) is 78.7 cm³/mol. The molecule has 21 heavy (non-hydrogen) atoms. The lowest BCUT2D eigenvalue weighted by molar-refractivity contribution is -0.123. The van der Waals surface area contributed by atoms with Gasteiger partial charge in [0.05, 0.1) is 5.52 Å². The van der Waals surface area contributed by atoms with Crippen molar-refractivity contribution in [3.8, 4) is 0 Å². The first-order chi connectivity index (χ1) is 9.99. The maximum absolute atomic E-state index is 12.0. The molecular weight excluding hydrogens is 270 g/mol. The van der Waals surface area contributed by atoms with Crippen LogP contribution in [0, 0.1) is 5.92 Å². The van der Waals surface area contributed by atoms with E-state index >= 15 is 0 Å². The molecule has 1 aromatic heterocycles. The lowest BCUT2D eigenvalue weighted by Crippen LogP contribution is -2.36. The lowest BCUT2D eigenvalue weighted by atomic mass is 10.2. The number of carbonyl (C=O) groups is 2. The normalized spacial score (nSPS) is 10.9. The molecule has 7 nitrogen and oxygen atoms in total. The van der Waals surface area contributed by atoms with Crippen LogP contribution in [0.25, 0.3) is 11.0 Å². The Morgan fingerprint density at radius 3 is 2.67 bits per heavy atom. The number of hydrogen-bond acceptors (Lipinski definition) is 4. The molecule has 0 unspecified atom stereocenters. The molecule has 0 spiro atoms. The van der Waals surface area contributed by atoms with E-state index in [0.717, 1.165) is 11.0 Å². The van der Waals surface area contributed by atoms with Crippen molar-refractivity contribution in [2.75, 3.05) is 13.1 Å². The molecule has 0 saturated heterocycles. The first-order valence-corrected chi connectivity index (χ1v) is 6.84. The van der Waals surface area contributed by atoms with Crippen LogP contribution in [-0.2, 0) is 11.8 Å². The second kappa shape index (κ2) is 6.34. The molecular formula is C14H19N5O2. The minimum absolute atomic E-state index is 0.0216. The second-order valence-electron chi connectivity index (χ2n) is 5.12. The summed E-state index contributed by atoms with van der Waals surface area (Å²) >= 11 is 0. The van der Waals surface area contributed by atoms with Gasteiger partial charge in [-0.05, 0) is 18.2 Å². The maximum Gasteiger partial charge on any atom is 0.251 e. The number of hydrogen-bond donors (Lipinski definition) is 2. The van der Waals surface area contributed by atoms with Crippen molar-refractivity contribution in [2.45, 2.75) is 13.8 Å². The highest BCUT2D eigenvalue weighted by molar-refractivity contribution is 5.97. The Hall–Kier alpha value is -2.44. The monoisotopic (exact) mass is 289 g/mol. The highest BCUT2D eigenvalue weighted by Gasteiger charge is 2.09. The van der Waals surface area contributed by atoms with Gasteiger partial charge in [-0.1, -0.05) is 19.1 Å². The summed E-state index contributed by atoms with van der Waals surface area (Å²) in [7, 11) is 1.78. The molecule has 0 aliphatic rings. The molecule has 2 amide bonds. The second-order valence-corrected chi connectivity index (χ2v) is 5.12. The zero-order chi connectivity index (χ0) is 15.4. The van der Waals surface area contributed by atoms with Gasteiger partial charge < -0.3 is 10.6 Å². The van der Waals surface area contributed by atoms with Crippen LogP contribution in [0.3, 0.4) is 0 Å². The molecule has 2 rings (SSSR count). The minimum atomic E-state index is -0.183. The average molecular weight is 289 g/mol. The van der Waals surface area contributed by atoms with Crippen LogP contribution >= 0.6 is 0 Å². The quantitative estimate of drug-likeness (QED) is 0.783. The summed E-state index contributed by atoms with van der Waals surface area (Å²) in [6.45, 7) is 4.45. The molecule has 0 atom stereocenters. The number of aryl methyl sites for hydroxylation is 1. The van der Waals surface area contributed by atoms with Crippen molar-refractivity contribution in [1.82, 2.24) is 25.6 Å². The molecule has 0 aliphatic carbocycles. The topological polar surface area (TPSA) is 88.9 Å². The van der Waals surface area contributed by atoms with Crippen LogP contribution in [0.2, 0.25) is 0 Å². The molecule has 1 heterocycles. The molecule has 0 saturated carbocycles. The van der Waals surface area contributed by atoms with Gasteiger partial charge in [-0.2, -0.15) is 0 Å².